The number of benzene rings is 1. The van der Waals surface area contributed by atoms with Crippen molar-refractivity contribution in [2.75, 3.05) is 25.1 Å². The molecule has 2 rings (SSSR count). The van der Waals surface area contributed by atoms with Crippen LogP contribution in [0.1, 0.15) is 32.8 Å². The Bertz CT molecular complexity index is 392. The first-order chi connectivity index (χ1) is 7.99. The molecule has 1 aliphatic rings. The first kappa shape index (κ1) is 12.3. The second-order valence-corrected chi connectivity index (χ2v) is 6.04. The summed E-state index contributed by atoms with van der Waals surface area (Å²) in [6, 6.07) is 6.44. The molecule has 0 saturated heterocycles. The van der Waals surface area contributed by atoms with E-state index in [1.807, 2.05) is 0 Å². The lowest BCUT2D eigenvalue weighted by atomic mass is 9.92. The Kier molecular flexibility index (Phi) is 3.32. The summed E-state index contributed by atoms with van der Waals surface area (Å²) in [5, 5.41) is 0. The molecule has 0 N–H and O–H groups in total. The van der Waals surface area contributed by atoms with Crippen molar-refractivity contribution in [3.63, 3.8) is 0 Å². The summed E-state index contributed by atoms with van der Waals surface area (Å²) in [6.07, 6.45) is 2.38. The van der Waals surface area contributed by atoms with E-state index in [1.165, 1.54) is 17.7 Å². The van der Waals surface area contributed by atoms with Gasteiger partial charge in [0.25, 0.3) is 0 Å². The molecular formula is C15H23NO. The van der Waals surface area contributed by atoms with E-state index in [9.17, 15) is 0 Å². The minimum atomic E-state index is 0.412. The van der Waals surface area contributed by atoms with Gasteiger partial charge in [0.15, 0.2) is 0 Å². The van der Waals surface area contributed by atoms with E-state index in [0.29, 0.717) is 5.41 Å². The molecule has 0 unspecified atom stereocenters. The molecule has 2 heteroatoms. The largest absolute Gasteiger partial charge is 0.497 e. The first-order valence-corrected chi connectivity index (χ1v) is 6.41. The van der Waals surface area contributed by atoms with Gasteiger partial charge in [-0.25, -0.2) is 0 Å². The Morgan fingerprint density at radius 2 is 2.06 bits per heavy atom. The van der Waals surface area contributed by atoms with Crippen LogP contribution < -0.4 is 9.64 Å². The highest BCUT2D eigenvalue weighted by atomic mass is 16.5. The summed E-state index contributed by atoms with van der Waals surface area (Å²) in [6.45, 7) is 9.22. The maximum Gasteiger partial charge on any atom is 0.119 e. The molecule has 0 radical (unpaired) electrons. The van der Waals surface area contributed by atoms with Crippen LogP contribution in [0.5, 0.6) is 5.75 Å². The van der Waals surface area contributed by atoms with Crippen molar-refractivity contribution in [1.82, 2.24) is 0 Å². The average molecular weight is 233 g/mol. The SMILES string of the molecule is COc1ccc2c(c1)CCN2CCC(C)(C)C. The summed E-state index contributed by atoms with van der Waals surface area (Å²) in [5.41, 5.74) is 3.24. The molecule has 1 aromatic rings. The standard InChI is InChI=1S/C15H23NO/c1-15(2,3)8-10-16-9-7-12-11-13(17-4)5-6-14(12)16/h5-6,11H,7-10H2,1-4H3. The fourth-order valence-electron chi connectivity index (χ4n) is 2.28. The van der Waals surface area contributed by atoms with Gasteiger partial charge in [-0.3, -0.25) is 0 Å². The number of fused-ring (bicyclic) bond motifs is 1. The van der Waals surface area contributed by atoms with Crippen LogP contribution in [-0.4, -0.2) is 20.2 Å². The van der Waals surface area contributed by atoms with E-state index in [0.717, 1.165) is 25.3 Å². The van der Waals surface area contributed by atoms with Crippen molar-refractivity contribution >= 4 is 5.69 Å². The molecule has 0 amide bonds. The van der Waals surface area contributed by atoms with Crippen LogP contribution >= 0.6 is 0 Å². The summed E-state index contributed by atoms with van der Waals surface area (Å²) in [4.78, 5) is 2.50. The number of rotatable bonds is 3. The van der Waals surface area contributed by atoms with Crippen molar-refractivity contribution in [3.8, 4) is 5.75 Å². The lowest BCUT2D eigenvalue weighted by Gasteiger charge is -2.25. The van der Waals surface area contributed by atoms with Gasteiger partial charge in [0, 0.05) is 18.8 Å². The monoisotopic (exact) mass is 233 g/mol. The van der Waals surface area contributed by atoms with Gasteiger partial charge in [-0.2, -0.15) is 0 Å². The van der Waals surface area contributed by atoms with Crippen molar-refractivity contribution < 1.29 is 4.74 Å². The van der Waals surface area contributed by atoms with Crippen LogP contribution in [0.25, 0.3) is 0 Å². The molecule has 1 aromatic carbocycles. The molecule has 0 saturated carbocycles. The van der Waals surface area contributed by atoms with Crippen molar-refractivity contribution in [3.05, 3.63) is 23.8 Å². The molecule has 0 atom stereocenters. The fourth-order valence-corrected chi connectivity index (χ4v) is 2.28. The predicted octanol–water partition coefficient (Wildman–Crippen LogP) is 3.49. The number of hydrogen-bond donors (Lipinski definition) is 0. The van der Waals surface area contributed by atoms with E-state index < -0.39 is 0 Å². The second-order valence-electron chi connectivity index (χ2n) is 6.04. The van der Waals surface area contributed by atoms with Crippen LogP contribution in [0.2, 0.25) is 0 Å². The molecule has 1 heterocycles. The second kappa shape index (κ2) is 4.59. The molecule has 2 nitrogen and oxygen atoms in total. The summed E-state index contributed by atoms with van der Waals surface area (Å²) in [7, 11) is 1.73. The van der Waals surface area contributed by atoms with Gasteiger partial charge in [0.05, 0.1) is 7.11 Å². The molecule has 94 valence electrons. The third-order valence-electron chi connectivity index (χ3n) is 3.41. The third-order valence-corrected chi connectivity index (χ3v) is 3.41. The highest BCUT2D eigenvalue weighted by Crippen LogP contribution is 2.32. The summed E-state index contributed by atoms with van der Waals surface area (Å²) < 4.78 is 5.27. The number of ether oxygens (including phenoxy) is 1. The molecule has 0 fully saturated rings. The van der Waals surface area contributed by atoms with Gasteiger partial charge >= 0.3 is 0 Å². The van der Waals surface area contributed by atoms with Gasteiger partial charge in [0.1, 0.15) is 5.75 Å². The zero-order valence-corrected chi connectivity index (χ0v) is 11.4. The van der Waals surface area contributed by atoms with Gasteiger partial charge in [-0.05, 0) is 42.0 Å². The third kappa shape index (κ3) is 2.93. The number of nitrogens with zero attached hydrogens (tertiary/aromatic N) is 1. The lowest BCUT2D eigenvalue weighted by Crippen LogP contribution is -2.25. The van der Waals surface area contributed by atoms with Crippen molar-refractivity contribution in [2.24, 2.45) is 5.41 Å². The summed E-state index contributed by atoms with van der Waals surface area (Å²) in [5.74, 6) is 0.974. The van der Waals surface area contributed by atoms with Gasteiger partial charge in [-0.1, -0.05) is 20.8 Å². The average Bonchev–Trinajstić information content (AvgIpc) is 2.67. The Balaban J connectivity index is 2.07. The molecule has 0 aromatic heterocycles. The van der Waals surface area contributed by atoms with E-state index in [-0.39, 0.29) is 0 Å². The number of hydrogen-bond acceptors (Lipinski definition) is 2. The predicted molar refractivity (Wildman–Crippen MR) is 73.0 cm³/mol. The Labute approximate surface area is 105 Å². The normalized spacial score (nSPS) is 14.9. The topological polar surface area (TPSA) is 12.5 Å². The Morgan fingerprint density at radius 3 is 2.71 bits per heavy atom. The minimum Gasteiger partial charge on any atom is -0.497 e. The molecule has 0 aliphatic carbocycles. The maximum absolute atomic E-state index is 5.27. The Hall–Kier alpha value is -1.18. The zero-order chi connectivity index (χ0) is 12.5. The van der Waals surface area contributed by atoms with Gasteiger partial charge < -0.3 is 9.64 Å². The highest BCUT2D eigenvalue weighted by Gasteiger charge is 2.21. The van der Waals surface area contributed by atoms with Crippen LogP contribution in [0.3, 0.4) is 0 Å². The smallest absolute Gasteiger partial charge is 0.119 e. The minimum absolute atomic E-state index is 0.412. The summed E-state index contributed by atoms with van der Waals surface area (Å²) >= 11 is 0. The van der Waals surface area contributed by atoms with E-state index in [2.05, 4.69) is 43.9 Å². The van der Waals surface area contributed by atoms with Gasteiger partial charge in [0.2, 0.25) is 0 Å². The molecule has 17 heavy (non-hydrogen) atoms. The van der Waals surface area contributed by atoms with Crippen molar-refractivity contribution in [1.29, 1.82) is 0 Å². The van der Waals surface area contributed by atoms with Crippen LogP contribution in [0.15, 0.2) is 18.2 Å². The molecular weight excluding hydrogens is 210 g/mol. The highest BCUT2D eigenvalue weighted by molar-refractivity contribution is 5.60. The lowest BCUT2D eigenvalue weighted by molar-refractivity contribution is 0.380. The molecule has 0 bridgehead atoms. The number of methoxy groups -OCH3 is 1. The maximum atomic E-state index is 5.27. The first-order valence-electron chi connectivity index (χ1n) is 6.41. The van der Waals surface area contributed by atoms with E-state index >= 15 is 0 Å². The van der Waals surface area contributed by atoms with Crippen LogP contribution in [0, 0.1) is 5.41 Å². The van der Waals surface area contributed by atoms with Crippen LogP contribution in [-0.2, 0) is 6.42 Å². The van der Waals surface area contributed by atoms with E-state index in [4.69, 9.17) is 4.74 Å². The molecule has 0 spiro atoms. The fraction of sp³-hybridized carbons (Fsp3) is 0.600. The number of anilines is 1. The quantitative estimate of drug-likeness (QED) is 0.792. The zero-order valence-electron chi connectivity index (χ0n) is 11.4. The van der Waals surface area contributed by atoms with Crippen molar-refractivity contribution in [2.45, 2.75) is 33.6 Å². The Morgan fingerprint density at radius 1 is 1.29 bits per heavy atom. The van der Waals surface area contributed by atoms with E-state index in [1.54, 1.807) is 7.11 Å². The molecule has 1 aliphatic heterocycles. The van der Waals surface area contributed by atoms with Crippen LogP contribution in [0.4, 0.5) is 5.69 Å². The van der Waals surface area contributed by atoms with Gasteiger partial charge in [-0.15, -0.1) is 0 Å².